The van der Waals surface area contributed by atoms with Gasteiger partial charge < -0.3 is 10.4 Å². The lowest BCUT2D eigenvalue weighted by Crippen LogP contribution is -2.45. The molecule has 102 valence electrons. The number of carbonyl (C=O) groups is 1. The first-order valence-electron chi connectivity index (χ1n) is 6.42. The summed E-state index contributed by atoms with van der Waals surface area (Å²) >= 11 is 0. The van der Waals surface area contributed by atoms with Gasteiger partial charge in [-0.3, -0.25) is 9.78 Å². The number of amides is 1. The summed E-state index contributed by atoms with van der Waals surface area (Å²) in [5.41, 5.74) is 0.801. The van der Waals surface area contributed by atoms with Crippen molar-refractivity contribution in [3.05, 3.63) is 29.6 Å². The molecular weight excluding hydrogens is 240 g/mol. The van der Waals surface area contributed by atoms with E-state index in [1.807, 2.05) is 20.8 Å². The topological polar surface area (TPSA) is 62.2 Å². The molecule has 4 nitrogen and oxygen atoms in total. The van der Waals surface area contributed by atoms with Gasteiger partial charge in [-0.15, -0.1) is 0 Å². The molecule has 19 heavy (non-hydrogen) atoms. The molecule has 1 aromatic heterocycles. The second kappa shape index (κ2) is 6.91. The van der Waals surface area contributed by atoms with Crippen LogP contribution in [0.4, 0.5) is 0 Å². The lowest BCUT2D eigenvalue weighted by Gasteiger charge is -2.28. The second-order valence-corrected chi connectivity index (χ2v) is 4.60. The van der Waals surface area contributed by atoms with Gasteiger partial charge in [-0.25, -0.2) is 0 Å². The minimum absolute atomic E-state index is 0.157. The summed E-state index contributed by atoms with van der Waals surface area (Å²) in [4.78, 5) is 16.2. The molecule has 0 spiro atoms. The van der Waals surface area contributed by atoms with Crippen molar-refractivity contribution in [1.29, 1.82) is 0 Å². The van der Waals surface area contributed by atoms with Gasteiger partial charge in [0.1, 0.15) is 6.61 Å². The van der Waals surface area contributed by atoms with Crippen LogP contribution in [0, 0.1) is 11.8 Å². The van der Waals surface area contributed by atoms with Gasteiger partial charge in [0.25, 0.3) is 5.91 Å². The first-order chi connectivity index (χ1) is 9.06. The number of pyridine rings is 1. The van der Waals surface area contributed by atoms with Crippen LogP contribution < -0.4 is 5.32 Å². The summed E-state index contributed by atoms with van der Waals surface area (Å²) in [5.74, 6) is 5.12. The van der Waals surface area contributed by atoms with Gasteiger partial charge in [0.05, 0.1) is 11.1 Å². The van der Waals surface area contributed by atoms with Crippen molar-refractivity contribution in [3.63, 3.8) is 0 Å². The number of aliphatic hydroxyl groups is 1. The SMILES string of the molecule is CCC(C)(CC)NC(=O)c1ccncc1C#CCO. The van der Waals surface area contributed by atoms with Crippen molar-refractivity contribution >= 4 is 5.91 Å². The highest BCUT2D eigenvalue weighted by atomic mass is 16.2. The third-order valence-corrected chi connectivity index (χ3v) is 3.34. The molecule has 0 bridgehead atoms. The van der Waals surface area contributed by atoms with E-state index in [4.69, 9.17) is 5.11 Å². The van der Waals surface area contributed by atoms with Crippen molar-refractivity contribution in [2.24, 2.45) is 0 Å². The number of carbonyl (C=O) groups excluding carboxylic acids is 1. The molecule has 0 unspecified atom stereocenters. The van der Waals surface area contributed by atoms with Crippen LogP contribution in [0.15, 0.2) is 18.5 Å². The Balaban J connectivity index is 3.00. The highest BCUT2D eigenvalue weighted by molar-refractivity contribution is 5.97. The normalized spacial score (nSPS) is 10.5. The molecule has 1 rings (SSSR count). The van der Waals surface area contributed by atoms with E-state index in [0.29, 0.717) is 11.1 Å². The Hall–Kier alpha value is -1.86. The molecule has 1 aromatic rings. The molecular formula is C15H20N2O2. The number of nitrogens with one attached hydrogen (secondary N) is 1. The Morgan fingerprint density at radius 2 is 2.16 bits per heavy atom. The molecule has 0 radical (unpaired) electrons. The lowest BCUT2D eigenvalue weighted by atomic mass is 9.95. The Labute approximate surface area is 114 Å². The number of nitrogens with zero attached hydrogens (tertiary/aromatic N) is 1. The molecule has 1 heterocycles. The van der Waals surface area contributed by atoms with E-state index in [9.17, 15) is 4.79 Å². The Morgan fingerprint density at radius 1 is 1.47 bits per heavy atom. The minimum atomic E-state index is -0.239. The maximum Gasteiger partial charge on any atom is 0.253 e. The molecule has 0 aliphatic heterocycles. The molecule has 0 atom stereocenters. The molecule has 0 aliphatic rings. The molecule has 0 aromatic carbocycles. The summed E-state index contributed by atoms with van der Waals surface area (Å²) in [6.07, 6.45) is 4.82. The zero-order valence-electron chi connectivity index (χ0n) is 11.7. The van der Waals surface area contributed by atoms with E-state index in [2.05, 4.69) is 22.1 Å². The van der Waals surface area contributed by atoms with Crippen LogP contribution in [-0.4, -0.2) is 28.1 Å². The molecule has 0 fully saturated rings. The summed E-state index contributed by atoms with van der Waals surface area (Å²) in [5, 5.41) is 11.8. The molecule has 4 heteroatoms. The average Bonchev–Trinajstić information content (AvgIpc) is 2.45. The van der Waals surface area contributed by atoms with Crippen molar-refractivity contribution in [2.45, 2.75) is 39.2 Å². The Morgan fingerprint density at radius 3 is 2.74 bits per heavy atom. The van der Waals surface area contributed by atoms with Crippen LogP contribution >= 0.6 is 0 Å². The van der Waals surface area contributed by atoms with Gasteiger partial charge in [-0.05, 0) is 25.8 Å². The zero-order chi connectivity index (χ0) is 14.3. The number of aliphatic hydroxyl groups excluding tert-OH is 1. The second-order valence-electron chi connectivity index (χ2n) is 4.60. The highest BCUT2D eigenvalue weighted by Gasteiger charge is 2.23. The van der Waals surface area contributed by atoms with Crippen LogP contribution in [0.3, 0.4) is 0 Å². The van der Waals surface area contributed by atoms with E-state index in [-0.39, 0.29) is 18.1 Å². The Bertz CT molecular complexity index is 496. The van der Waals surface area contributed by atoms with Crippen LogP contribution in [0.2, 0.25) is 0 Å². The van der Waals surface area contributed by atoms with Crippen molar-refractivity contribution in [1.82, 2.24) is 10.3 Å². The monoisotopic (exact) mass is 260 g/mol. The maximum atomic E-state index is 12.3. The molecule has 0 saturated heterocycles. The molecule has 1 amide bonds. The largest absolute Gasteiger partial charge is 0.384 e. The summed E-state index contributed by atoms with van der Waals surface area (Å²) in [6, 6.07) is 1.64. The van der Waals surface area contributed by atoms with Crippen LogP contribution in [0.25, 0.3) is 0 Å². The van der Waals surface area contributed by atoms with Gasteiger partial charge in [0, 0.05) is 17.9 Å². The summed E-state index contributed by atoms with van der Waals surface area (Å²) in [7, 11) is 0. The summed E-state index contributed by atoms with van der Waals surface area (Å²) in [6.45, 7) is 5.87. The van der Waals surface area contributed by atoms with E-state index >= 15 is 0 Å². The average molecular weight is 260 g/mol. The molecule has 0 saturated carbocycles. The van der Waals surface area contributed by atoms with Crippen molar-refractivity contribution in [2.75, 3.05) is 6.61 Å². The van der Waals surface area contributed by atoms with Gasteiger partial charge in [0.2, 0.25) is 0 Å². The van der Waals surface area contributed by atoms with E-state index in [1.165, 1.54) is 6.20 Å². The molecule has 2 N–H and O–H groups in total. The predicted molar refractivity (Wildman–Crippen MR) is 74.7 cm³/mol. The van der Waals surface area contributed by atoms with E-state index < -0.39 is 0 Å². The number of aromatic nitrogens is 1. The van der Waals surface area contributed by atoms with Crippen molar-refractivity contribution in [3.8, 4) is 11.8 Å². The van der Waals surface area contributed by atoms with Crippen molar-refractivity contribution < 1.29 is 9.90 Å². The fourth-order valence-electron chi connectivity index (χ4n) is 1.60. The number of hydrogen-bond donors (Lipinski definition) is 2. The highest BCUT2D eigenvalue weighted by Crippen LogP contribution is 2.15. The standard InChI is InChI=1S/C15H20N2O2/c1-4-15(3,5-2)17-14(19)13-8-9-16-11-12(13)7-6-10-18/h8-9,11,18H,4-5,10H2,1-3H3,(H,17,19). The van der Waals surface area contributed by atoms with Crippen LogP contribution in [-0.2, 0) is 0 Å². The zero-order valence-corrected chi connectivity index (χ0v) is 11.7. The summed E-state index contributed by atoms with van der Waals surface area (Å²) < 4.78 is 0. The minimum Gasteiger partial charge on any atom is -0.384 e. The number of hydrogen-bond acceptors (Lipinski definition) is 3. The van der Waals surface area contributed by atoms with Gasteiger partial charge in [-0.1, -0.05) is 25.7 Å². The van der Waals surface area contributed by atoms with Crippen LogP contribution in [0.5, 0.6) is 0 Å². The van der Waals surface area contributed by atoms with Gasteiger partial charge >= 0.3 is 0 Å². The maximum absolute atomic E-state index is 12.3. The van der Waals surface area contributed by atoms with E-state index in [1.54, 1.807) is 12.3 Å². The van der Waals surface area contributed by atoms with Crippen LogP contribution in [0.1, 0.15) is 49.5 Å². The Kier molecular flexibility index (Phi) is 5.53. The fraction of sp³-hybridized carbons (Fsp3) is 0.467. The fourth-order valence-corrected chi connectivity index (χ4v) is 1.60. The first-order valence-corrected chi connectivity index (χ1v) is 6.42. The third-order valence-electron chi connectivity index (χ3n) is 3.34. The predicted octanol–water partition coefficient (Wildman–Crippen LogP) is 1.73. The first kappa shape index (κ1) is 15.2. The lowest BCUT2D eigenvalue weighted by molar-refractivity contribution is 0.0900. The number of rotatable bonds is 4. The smallest absolute Gasteiger partial charge is 0.253 e. The molecule has 0 aliphatic carbocycles. The quantitative estimate of drug-likeness (QED) is 0.810. The van der Waals surface area contributed by atoms with E-state index in [0.717, 1.165) is 12.8 Å². The van der Waals surface area contributed by atoms with Gasteiger partial charge in [-0.2, -0.15) is 0 Å². The third kappa shape index (κ3) is 4.08. The van der Waals surface area contributed by atoms with Gasteiger partial charge in [0.15, 0.2) is 0 Å².